The Morgan fingerprint density at radius 1 is 1.29 bits per heavy atom. The van der Waals surface area contributed by atoms with E-state index in [1.165, 1.54) is 17.5 Å². The summed E-state index contributed by atoms with van der Waals surface area (Å²) in [4.78, 5) is 0. The van der Waals surface area contributed by atoms with Gasteiger partial charge in [-0.2, -0.15) is 0 Å². The molecule has 1 atom stereocenters. The number of hydrogen-bond donors (Lipinski definition) is 3. The fourth-order valence-electron chi connectivity index (χ4n) is 2.08. The minimum atomic E-state index is -0.346. The van der Waals surface area contributed by atoms with Gasteiger partial charge in [0, 0.05) is 5.69 Å². The molecule has 14 heavy (non-hydrogen) atoms. The molecule has 0 heterocycles. The molecule has 1 aromatic rings. The maximum Gasteiger partial charge on any atom is 0.0625 e. The fourth-order valence-corrected chi connectivity index (χ4v) is 2.08. The highest BCUT2D eigenvalue weighted by atomic mass is 16.3. The summed E-state index contributed by atoms with van der Waals surface area (Å²) in [5, 5.41) is 8.98. The van der Waals surface area contributed by atoms with Gasteiger partial charge in [-0.3, -0.25) is 0 Å². The zero-order valence-electron chi connectivity index (χ0n) is 8.16. The highest BCUT2D eigenvalue weighted by molar-refractivity contribution is 5.54. The average molecular weight is 192 g/mol. The van der Waals surface area contributed by atoms with Crippen molar-refractivity contribution in [2.24, 2.45) is 5.73 Å². The van der Waals surface area contributed by atoms with E-state index in [-0.39, 0.29) is 12.6 Å². The lowest BCUT2D eigenvalue weighted by atomic mass is 10.00. The molecule has 0 unspecified atom stereocenters. The van der Waals surface area contributed by atoms with E-state index in [1.54, 1.807) is 0 Å². The van der Waals surface area contributed by atoms with Gasteiger partial charge < -0.3 is 16.6 Å². The van der Waals surface area contributed by atoms with Crippen molar-refractivity contribution < 1.29 is 5.11 Å². The molecule has 5 N–H and O–H groups in total. The van der Waals surface area contributed by atoms with Gasteiger partial charge in [0.15, 0.2) is 0 Å². The topological polar surface area (TPSA) is 72.3 Å². The summed E-state index contributed by atoms with van der Waals surface area (Å²) in [6.45, 7) is -0.0526. The maximum atomic E-state index is 8.98. The Hall–Kier alpha value is -1.06. The van der Waals surface area contributed by atoms with E-state index in [1.807, 2.05) is 6.07 Å². The summed E-state index contributed by atoms with van der Waals surface area (Å²) < 4.78 is 0. The first-order chi connectivity index (χ1) is 6.72. The number of rotatable bonds is 2. The van der Waals surface area contributed by atoms with E-state index in [0.29, 0.717) is 5.69 Å². The number of nitrogens with two attached hydrogens (primary N) is 2. The Morgan fingerprint density at radius 3 is 2.57 bits per heavy atom. The van der Waals surface area contributed by atoms with E-state index in [2.05, 4.69) is 6.07 Å². The quantitative estimate of drug-likeness (QED) is 0.605. The summed E-state index contributed by atoms with van der Waals surface area (Å²) in [7, 11) is 0. The van der Waals surface area contributed by atoms with Crippen molar-refractivity contribution in [2.45, 2.75) is 25.3 Å². The van der Waals surface area contributed by atoms with Crippen LogP contribution in [0.15, 0.2) is 12.1 Å². The zero-order valence-corrected chi connectivity index (χ0v) is 8.16. The SMILES string of the molecule is Nc1cc2c(cc1[C@H](N)CO)CCC2. The van der Waals surface area contributed by atoms with Crippen molar-refractivity contribution >= 4 is 5.69 Å². The predicted molar refractivity (Wildman–Crippen MR) is 56.9 cm³/mol. The second-order valence-corrected chi connectivity index (χ2v) is 3.89. The van der Waals surface area contributed by atoms with Crippen LogP contribution < -0.4 is 11.5 Å². The molecule has 0 saturated heterocycles. The van der Waals surface area contributed by atoms with Crippen LogP contribution in [0.4, 0.5) is 5.69 Å². The maximum absolute atomic E-state index is 8.98. The molecule has 0 bridgehead atoms. The molecule has 76 valence electrons. The molecular formula is C11H16N2O. The van der Waals surface area contributed by atoms with Gasteiger partial charge in [-0.15, -0.1) is 0 Å². The van der Waals surface area contributed by atoms with Crippen LogP contribution in [0, 0.1) is 0 Å². The number of hydrogen-bond acceptors (Lipinski definition) is 3. The molecule has 0 amide bonds. The minimum absolute atomic E-state index is 0.0526. The van der Waals surface area contributed by atoms with Crippen LogP contribution in [0.25, 0.3) is 0 Å². The molecule has 0 aliphatic heterocycles. The van der Waals surface area contributed by atoms with Gasteiger partial charge in [0.05, 0.1) is 12.6 Å². The summed E-state index contributed by atoms with van der Waals surface area (Å²) >= 11 is 0. The van der Waals surface area contributed by atoms with Crippen molar-refractivity contribution in [2.75, 3.05) is 12.3 Å². The summed E-state index contributed by atoms with van der Waals surface area (Å²) in [6.07, 6.45) is 3.43. The molecule has 0 radical (unpaired) electrons. The number of fused-ring (bicyclic) bond motifs is 1. The summed E-state index contributed by atoms with van der Waals surface area (Å²) in [5.74, 6) is 0. The van der Waals surface area contributed by atoms with Crippen LogP contribution in [0.3, 0.4) is 0 Å². The van der Waals surface area contributed by atoms with E-state index in [4.69, 9.17) is 16.6 Å². The third kappa shape index (κ3) is 1.49. The van der Waals surface area contributed by atoms with Crippen LogP contribution in [0.1, 0.15) is 29.2 Å². The average Bonchev–Trinajstić information content (AvgIpc) is 2.62. The van der Waals surface area contributed by atoms with Crippen molar-refractivity contribution in [1.29, 1.82) is 0 Å². The number of aliphatic hydroxyl groups is 1. The lowest BCUT2D eigenvalue weighted by Gasteiger charge is -2.13. The third-order valence-electron chi connectivity index (χ3n) is 2.89. The summed E-state index contributed by atoms with van der Waals surface area (Å²) in [5.41, 5.74) is 15.9. The van der Waals surface area contributed by atoms with Crippen LogP contribution >= 0.6 is 0 Å². The lowest BCUT2D eigenvalue weighted by molar-refractivity contribution is 0.268. The molecule has 1 aromatic carbocycles. The number of aryl methyl sites for hydroxylation is 2. The van der Waals surface area contributed by atoms with E-state index in [9.17, 15) is 0 Å². The highest BCUT2D eigenvalue weighted by Gasteiger charge is 2.16. The van der Waals surface area contributed by atoms with Gasteiger partial charge in [0.2, 0.25) is 0 Å². The van der Waals surface area contributed by atoms with Gasteiger partial charge in [-0.1, -0.05) is 6.07 Å². The Balaban J connectivity index is 2.42. The largest absolute Gasteiger partial charge is 0.398 e. The molecule has 0 fully saturated rings. The van der Waals surface area contributed by atoms with Gasteiger partial charge in [0.25, 0.3) is 0 Å². The predicted octanol–water partition coefficient (Wildman–Crippen LogP) is 0.750. The van der Waals surface area contributed by atoms with Crippen LogP contribution in [-0.2, 0) is 12.8 Å². The first-order valence-electron chi connectivity index (χ1n) is 5.00. The van der Waals surface area contributed by atoms with Gasteiger partial charge >= 0.3 is 0 Å². The number of nitrogen functional groups attached to an aromatic ring is 1. The second-order valence-electron chi connectivity index (χ2n) is 3.89. The molecular weight excluding hydrogens is 176 g/mol. The first-order valence-corrected chi connectivity index (χ1v) is 5.00. The van der Waals surface area contributed by atoms with Crippen molar-refractivity contribution in [3.8, 4) is 0 Å². The van der Waals surface area contributed by atoms with Gasteiger partial charge in [0.1, 0.15) is 0 Å². The Bertz CT molecular complexity index is 349. The molecule has 1 aliphatic carbocycles. The standard InChI is InChI=1S/C11H16N2O/c12-10-5-8-3-1-2-7(8)4-9(10)11(13)6-14/h4-5,11,14H,1-3,6,12-13H2/t11-/m1/s1. The van der Waals surface area contributed by atoms with Crippen LogP contribution in [-0.4, -0.2) is 11.7 Å². The Labute approximate surface area is 83.7 Å². The number of anilines is 1. The lowest BCUT2D eigenvalue weighted by Crippen LogP contribution is -2.16. The fraction of sp³-hybridized carbons (Fsp3) is 0.455. The number of benzene rings is 1. The highest BCUT2D eigenvalue weighted by Crippen LogP contribution is 2.29. The van der Waals surface area contributed by atoms with E-state index in [0.717, 1.165) is 18.4 Å². The first kappa shape index (κ1) is 9.49. The van der Waals surface area contributed by atoms with Crippen LogP contribution in [0.5, 0.6) is 0 Å². The van der Waals surface area contributed by atoms with Crippen molar-refractivity contribution in [1.82, 2.24) is 0 Å². The Morgan fingerprint density at radius 2 is 1.93 bits per heavy atom. The smallest absolute Gasteiger partial charge is 0.0625 e. The van der Waals surface area contributed by atoms with Gasteiger partial charge in [-0.05, 0) is 42.0 Å². The second kappa shape index (κ2) is 3.59. The molecule has 0 aromatic heterocycles. The Kier molecular flexibility index (Phi) is 2.44. The molecule has 0 spiro atoms. The molecule has 2 rings (SSSR count). The van der Waals surface area contributed by atoms with E-state index >= 15 is 0 Å². The normalized spacial score (nSPS) is 16.7. The van der Waals surface area contributed by atoms with Crippen molar-refractivity contribution in [3.05, 3.63) is 28.8 Å². The monoisotopic (exact) mass is 192 g/mol. The number of aliphatic hydroxyl groups excluding tert-OH is 1. The minimum Gasteiger partial charge on any atom is -0.398 e. The third-order valence-corrected chi connectivity index (χ3v) is 2.89. The van der Waals surface area contributed by atoms with Crippen LogP contribution in [0.2, 0.25) is 0 Å². The molecule has 3 nitrogen and oxygen atoms in total. The molecule has 3 heteroatoms. The zero-order chi connectivity index (χ0) is 10.1. The summed E-state index contributed by atoms with van der Waals surface area (Å²) in [6, 6.07) is 3.71. The molecule has 1 aliphatic rings. The van der Waals surface area contributed by atoms with Crippen molar-refractivity contribution in [3.63, 3.8) is 0 Å². The van der Waals surface area contributed by atoms with Gasteiger partial charge in [-0.25, -0.2) is 0 Å². The van der Waals surface area contributed by atoms with E-state index < -0.39 is 0 Å². The molecule has 0 saturated carbocycles.